The van der Waals surface area contributed by atoms with Gasteiger partial charge in [-0.25, -0.2) is 0 Å². The van der Waals surface area contributed by atoms with Crippen LogP contribution in [0, 0.1) is 0 Å². The Morgan fingerprint density at radius 3 is 2.78 bits per heavy atom. The monoisotopic (exact) mass is 166 g/mol. The number of nitrogens with zero attached hydrogens (tertiary/aromatic N) is 1. The Labute approximate surface area is 61.3 Å². The fourth-order valence-electron chi connectivity index (χ4n) is 0.201. The van der Waals surface area contributed by atoms with Crippen LogP contribution in [0.4, 0.5) is 0 Å². The molecule has 1 unspecified atom stereocenters. The van der Waals surface area contributed by atoms with Crippen LogP contribution >= 0.6 is 10.7 Å². The molecule has 0 fully saturated rings. The first-order valence-electron chi connectivity index (χ1n) is 2.14. The smallest absolute Gasteiger partial charge is 0.237 e. The van der Waals surface area contributed by atoms with Gasteiger partial charge in [-0.15, -0.1) is 0 Å². The van der Waals surface area contributed by atoms with Gasteiger partial charge in [0.05, 0.1) is 0 Å². The quantitative estimate of drug-likeness (QED) is 0.477. The number of hydrogen-bond donors (Lipinski definition) is 1. The fraction of sp³-hybridized carbons (Fsp3) is 0.250. The van der Waals surface area contributed by atoms with Crippen molar-refractivity contribution in [3.05, 3.63) is 11.1 Å². The van der Waals surface area contributed by atoms with E-state index >= 15 is 0 Å². The predicted octanol–water partition coefficient (Wildman–Crippen LogP) is 0.390. The molecule has 0 aliphatic rings. The number of nitrogens with two attached hydrogens (primary N) is 1. The summed E-state index contributed by atoms with van der Waals surface area (Å²) in [6.45, 7) is 0. The average Bonchev–Trinajstić information content (AvgIpc) is 1.82. The van der Waals surface area contributed by atoms with Gasteiger partial charge in [0.1, 0.15) is 10.4 Å². The number of halogens is 1. The summed E-state index contributed by atoms with van der Waals surface area (Å²) in [6.07, 6.45) is 2.82. The maximum absolute atomic E-state index is 10.3. The average molecular weight is 167 g/mol. The van der Waals surface area contributed by atoms with E-state index in [-0.39, 0.29) is 5.03 Å². The lowest BCUT2D eigenvalue weighted by Gasteiger charge is -1.94. The van der Waals surface area contributed by atoms with E-state index in [2.05, 4.69) is 4.99 Å². The molecule has 0 aromatic carbocycles. The predicted molar refractivity (Wildman–Crippen MR) is 40.7 cm³/mol. The molecule has 0 saturated heterocycles. The number of hydrogen-bond acceptors (Lipinski definition) is 3. The second-order valence-electron chi connectivity index (χ2n) is 1.20. The highest BCUT2D eigenvalue weighted by Crippen LogP contribution is 2.03. The molecule has 2 N–H and O–H groups in total. The second kappa shape index (κ2) is 4.67. The van der Waals surface area contributed by atoms with Crippen molar-refractivity contribution in [1.29, 1.82) is 0 Å². The van der Waals surface area contributed by atoms with Gasteiger partial charge < -0.3 is 10.3 Å². The van der Waals surface area contributed by atoms with Crippen LogP contribution < -0.4 is 5.73 Å². The van der Waals surface area contributed by atoms with Crippen LogP contribution in [-0.4, -0.2) is 17.8 Å². The van der Waals surface area contributed by atoms with E-state index in [4.69, 9.17) is 16.4 Å². The molecule has 0 saturated carbocycles. The van der Waals surface area contributed by atoms with Gasteiger partial charge in [-0.05, 0) is 0 Å². The van der Waals surface area contributed by atoms with Gasteiger partial charge in [0, 0.05) is 19.3 Å². The van der Waals surface area contributed by atoms with Crippen molar-refractivity contribution >= 4 is 27.3 Å². The van der Waals surface area contributed by atoms with Gasteiger partial charge in [0.25, 0.3) is 0 Å². The first-order valence-corrected chi connectivity index (χ1v) is 4.12. The highest BCUT2D eigenvalue weighted by molar-refractivity contribution is 8.16. The molecule has 0 aliphatic carbocycles. The third-order valence-corrected chi connectivity index (χ3v) is 1.61. The standard InChI is InChI=1S/C4H7ClN2OS/c1-7-3-2-4(6)9(5)8/h2-3H,6H2,1H3. The number of rotatable bonds is 2. The molecule has 0 aliphatic heterocycles. The lowest BCUT2D eigenvalue weighted by atomic mass is 10.7. The topological polar surface area (TPSA) is 61.4 Å². The summed E-state index contributed by atoms with van der Waals surface area (Å²) in [5.41, 5.74) is 5.14. The van der Waals surface area contributed by atoms with Gasteiger partial charge >= 0.3 is 0 Å². The van der Waals surface area contributed by atoms with Crippen molar-refractivity contribution in [1.82, 2.24) is 0 Å². The molecular formula is C4H7ClN2OS. The van der Waals surface area contributed by atoms with E-state index in [0.29, 0.717) is 0 Å². The molecule has 3 nitrogen and oxygen atoms in total. The Kier molecular flexibility index (Phi) is 4.57. The van der Waals surface area contributed by atoms with Crippen LogP contribution in [0.15, 0.2) is 16.1 Å². The van der Waals surface area contributed by atoms with Gasteiger partial charge in [0.2, 0.25) is 5.03 Å². The first kappa shape index (κ1) is 8.81. The normalized spacial score (nSPS) is 16.6. The van der Waals surface area contributed by atoms with Crippen LogP contribution in [0.1, 0.15) is 0 Å². The van der Waals surface area contributed by atoms with E-state index in [1.54, 1.807) is 7.05 Å². The molecule has 9 heavy (non-hydrogen) atoms. The third-order valence-electron chi connectivity index (χ3n) is 0.573. The van der Waals surface area contributed by atoms with Crippen LogP contribution in [0.2, 0.25) is 0 Å². The molecule has 0 spiro atoms. The molecule has 0 rings (SSSR count). The molecule has 1 atom stereocenters. The van der Waals surface area contributed by atoms with Crippen molar-refractivity contribution in [2.75, 3.05) is 7.05 Å². The van der Waals surface area contributed by atoms with Crippen molar-refractivity contribution in [2.45, 2.75) is 0 Å². The van der Waals surface area contributed by atoms with Crippen molar-refractivity contribution in [2.24, 2.45) is 10.7 Å². The van der Waals surface area contributed by atoms with E-state index in [9.17, 15) is 4.55 Å². The van der Waals surface area contributed by atoms with Gasteiger partial charge in [0.15, 0.2) is 10.7 Å². The molecule has 5 heteroatoms. The summed E-state index contributed by atoms with van der Waals surface area (Å²) in [5, 5.41) is 0.113. The van der Waals surface area contributed by atoms with Crippen LogP contribution in [0.25, 0.3) is 0 Å². The Hall–Kier alpha value is -0.190. The molecular weight excluding hydrogens is 160 g/mol. The largest absolute Gasteiger partial charge is 0.593 e. The zero-order valence-electron chi connectivity index (χ0n) is 4.87. The molecule has 0 aromatic heterocycles. The third kappa shape index (κ3) is 4.32. The summed E-state index contributed by atoms with van der Waals surface area (Å²) in [4.78, 5) is 3.58. The van der Waals surface area contributed by atoms with E-state index in [1.807, 2.05) is 0 Å². The molecule has 0 amide bonds. The minimum atomic E-state index is -1.59. The van der Waals surface area contributed by atoms with Gasteiger partial charge in [-0.3, -0.25) is 4.99 Å². The van der Waals surface area contributed by atoms with Gasteiger partial charge in [-0.2, -0.15) is 0 Å². The highest BCUT2D eigenvalue weighted by atomic mass is 35.7. The fourth-order valence-corrected chi connectivity index (χ4v) is 0.524. The second-order valence-corrected chi connectivity index (χ2v) is 2.96. The Balaban J connectivity index is 3.84. The number of allylic oxidation sites excluding steroid dienone is 1. The summed E-state index contributed by atoms with van der Waals surface area (Å²) >= 11 is 0. The van der Waals surface area contributed by atoms with Crippen LogP contribution in [0.3, 0.4) is 0 Å². The summed E-state index contributed by atoms with van der Waals surface area (Å²) in [7, 11) is 5.07. The summed E-state index contributed by atoms with van der Waals surface area (Å²) in [5.74, 6) is 0. The summed E-state index contributed by atoms with van der Waals surface area (Å²) in [6, 6.07) is 0. The minimum absolute atomic E-state index is 0.113. The Bertz CT molecular complexity index is 135. The maximum Gasteiger partial charge on any atom is 0.237 e. The lowest BCUT2D eigenvalue weighted by molar-refractivity contribution is 0.613. The highest BCUT2D eigenvalue weighted by Gasteiger charge is 2.03. The SMILES string of the molecule is CN=CC=C(N)[S+]([O-])Cl. The van der Waals surface area contributed by atoms with Crippen LogP contribution in [0.5, 0.6) is 0 Å². The minimum Gasteiger partial charge on any atom is -0.593 e. The zero-order chi connectivity index (χ0) is 7.28. The zero-order valence-corrected chi connectivity index (χ0v) is 6.45. The Morgan fingerprint density at radius 1 is 1.89 bits per heavy atom. The van der Waals surface area contributed by atoms with E-state index in [0.717, 1.165) is 0 Å². The first-order chi connectivity index (χ1) is 4.18. The molecule has 0 radical (unpaired) electrons. The molecule has 0 aromatic rings. The molecule has 0 bridgehead atoms. The molecule has 0 heterocycles. The van der Waals surface area contributed by atoms with Crippen molar-refractivity contribution in [3.8, 4) is 0 Å². The number of aliphatic imine (C=N–C) groups is 1. The summed E-state index contributed by atoms with van der Waals surface area (Å²) < 4.78 is 10.3. The Morgan fingerprint density at radius 2 is 2.44 bits per heavy atom. The van der Waals surface area contributed by atoms with E-state index in [1.165, 1.54) is 12.3 Å². The molecule has 52 valence electrons. The van der Waals surface area contributed by atoms with Crippen molar-refractivity contribution < 1.29 is 4.55 Å². The maximum atomic E-state index is 10.3. The van der Waals surface area contributed by atoms with Crippen molar-refractivity contribution in [3.63, 3.8) is 0 Å². The van der Waals surface area contributed by atoms with E-state index < -0.39 is 10.4 Å². The lowest BCUT2D eigenvalue weighted by Crippen LogP contribution is -2.05. The van der Waals surface area contributed by atoms with Gasteiger partial charge in [-0.1, -0.05) is 0 Å². The van der Waals surface area contributed by atoms with Crippen LogP contribution in [-0.2, 0) is 10.4 Å².